The fraction of sp³-hybridized carbons (Fsp3) is 0.158. The highest BCUT2D eigenvalue weighted by Crippen LogP contribution is 2.74. The summed E-state index contributed by atoms with van der Waals surface area (Å²) in [6.45, 7) is 5.12. The number of benzene rings is 12. The fourth-order valence-electron chi connectivity index (χ4n) is 16.2. The molecule has 15 rings (SSSR count). The summed E-state index contributed by atoms with van der Waals surface area (Å²) in [5.74, 6) is 0. The third kappa shape index (κ3) is 6.25. The van der Waals surface area contributed by atoms with Crippen LogP contribution in [0.4, 0.5) is 0 Å². The highest BCUT2D eigenvalue weighted by molar-refractivity contribution is 6.14. The first-order chi connectivity index (χ1) is 37.5. The van der Waals surface area contributed by atoms with Gasteiger partial charge in [-0.1, -0.05) is 239 Å². The summed E-state index contributed by atoms with van der Waals surface area (Å²) in [5.41, 5.74) is 21.0. The minimum atomic E-state index is -0.376. The Bertz CT molecular complexity index is 3910. The van der Waals surface area contributed by atoms with Gasteiger partial charge in [-0.15, -0.1) is 0 Å². The molecule has 1 saturated carbocycles. The molecule has 0 heterocycles. The molecule has 0 aromatic heterocycles. The number of fused-ring (bicyclic) bond motifs is 10. The standard InChI is InChI=1S/C76H60/c1-3-75(68-46-52(50-22-8-5-9-23-50)34-38-64(68)66-40-36-58(48-70(66)75)72-60-30-16-12-26-54(60)44-55-27-13-17-31-61(55)72)74(42-20-7-21-43-74)76(4-2)69-47-53(51-24-10-6-11-25-51)35-39-65(69)67-41-37-59(49-71(67)76)73-62-32-18-14-28-56(62)45-57-29-15-19-33-63(57)73/h5-6,8-19,22-41,44-49H,3-4,7,20-21,42-43H2,1-2H3. The topological polar surface area (TPSA) is 0 Å². The van der Waals surface area contributed by atoms with Crippen molar-refractivity contribution in [2.24, 2.45) is 5.41 Å². The highest BCUT2D eigenvalue weighted by Gasteiger charge is 2.67. The number of rotatable bonds is 8. The maximum atomic E-state index is 2.71. The average Bonchev–Trinajstić information content (AvgIpc) is 4.03. The van der Waals surface area contributed by atoms with Crippen LogP contribution in [0.3, 0.4) is 0 Å². The van der Waals surface area contributed by atoms with Crippen LogP contribution < -0.4 is 0 Å². The van der Waals surface area contributed by atoms with E-state index in [9.17, 15) is 0 Å². The third-order valence-electron chi connectivity index (χ3n) is 19.2. The lowest BCUT2D eigenvalue weighted by Crippen LogP contribution is -2.59. The smallest absolute Gasteiger partial charge is 0.0281 e. The summed E-state index contributed by atoms with van der Waals surface area (Å²) < 4.78 is 0. The Balaban J connectivity index is 1.08. The van der Waals surface area contributed by atoms with Crippen molar-refractivity contribution in [3.63, 3.8) is 0 Å². The van der Waals surface area contributed by atoms with Gasteiger partial charge >= 0.3 is 0 Å². The Morgan fingerprint density at radius 3 is 0.921 bits per heavy atom. The molecule has 1 fully saturated rings. The Morgan fingerprint density at radius 1 is 0.276 bits per heavy atom. The molecule has 12 aromatic rings. The van der Waals surface area contributed by atoms with Crippen molar-refractivity contribution < 1.29 is 0 Å². The van der Waals surface area contributed by atoms with Crippen LogP contribution in [0.1, 0.15) is 81.0 Å². The van der Waals surface area contributed by atoms with E-state index in [1.807, 2.05) is 0 Å². The fourth-order valence-corrected chi connectivity index (χ4v) is 16.2. The van der Waals surface area contributed by atoms with Crippen LogP contribution in [0.5, 0.6) is 0 Å². The van der Waals surface area contributed by atoms with E-state index in [1.54, 1.807) is 0 Å². The zero-order valence-electron chi connectivity index (χ0n) is 43.5. The van der Waals surface area contributed by atoms with Crippen molar-refractivity contribution in [2.75, 3.05) is 0 Å². The second kappa shape index (κ2) is 17.4. The number of hydrogen-bond donors (Lipinski definition) is 0. The Labute approximate surface area is 447 Å². The lowest BCUT2D eigenvalue weighted by atomic mass is 9.40. The second-order valence-electron chi connectivity index (χ2n) is 22.3. The van der Waals surface area contributed by atoms with Crippen molar-refractivity contribution in [3.8, 4) is 66.8 Å². The zero-order chi connectivity index (χ0) is 50.6. The van der Waals surface area contributed by atoms with Crippen LogP contribution in [-0.2, 0) is 10.8 Å². The van der Waals surface area contributed by atoms with Gasteiger partial charge in [-0.2, -0.15) is 0 Å². The Morgan fingerprint density at radius 2 is 0.579 bits per heavy atom. The molecular formula is C76H60. The van der Waals surface area contributed by atoms with E-state index in [0.717, 1.165) is 25.7 Å². The molecule has 76 heavy (non-hydrogen) atoms. The summed E-state index contributed by atoms with van der Waals surface area (Å²) in [6.07, 6.45) is 7.83. The normalized spacial score (nSPS) is 18.2. The largest absolute Gasteiger partial charge is 0.0642 e. The molecule has 0 heteroatoms. The van der Waals surface area contributed by atoms with Gasteiger partial charge in [0.1, 0.15) is 0 Å². The van der Waals surface area contributed by atoms with Gasteiger partial charge in [0.05, 0.1) is 0 Å². The molecular weight excluding hydrogens is 913 g/mol. The van der Waals surface area contributed by atoms with E-state index >= 15 is 0 Å². The number of hydrogen-bond acceptors (Lipinski definition) is 0. The first kappa shape index (κ1) is 45.1. The van der Waals surface area contributed by atoms with Crippen LogP contribution in [0.15, 0.2) is 243 Å². The van der Waals surface area contributed by atoms with Crippen molar-refractivity contribution in [3.05, 3.63) is 265 Å². The van der Waals surface area contributed by atoms with E-state index in [2.05, 4.69) is 257 Å². The van der Waals surface area contributed by atoms with Gasteiger partial charge in [-0.25, -0.2) is 0 Å². The maximum Gasteiger partial charge on any atom is 0.0281 e. The molecule has 3 aliphatic rings. The first-order valence-electron chi connectivity index (χ1n) is 28.1. The van der Waals surface area contributed by atoms with Gasteiger partial charge in [-0.3, -0.25) is 0 Å². The zero-order valence-corrected chi connectivity index (χ0v) is 43.5. The minimum absolute atomic E-state index is 0.245. The summed E-state index contributed by atoms with van der Waals surface area (Å²) in [6, 6.07) is 93.9. The van der Waals surface area contributed by atoms with Crippen molar-refractivity contribution >= 4 is 43.1 Å². The SMILES string of the molecule is CCC1(C2(C3(CC)c4cc(-c5ccccc5)ccc4-c4ccc(-c5c6ccccc6cc6ccccc56)cc43)CCCCC2)c2cc(-c3ccccc3)ccc2-c2ccc(-c3c4ccccc4cc4ccccc34)cc21. The lowest BCUT2D eigenvalue weighted by Gasteiger charge is -2.62. The summed E-state index contributed by atoms with van der Waals surface area (Å²) >= 11 is 0. The van der Waals surface area contributed by atoms with E-state index in [0.29, 0.717) is 0 Å². The average molecular weight is 973 g/mol. The molecule has 3 aliphatic carbocycles. The van der Waals surface area contributed by atoms with E-state index in [-0.39, 0.29) is 16.2 Å². The van der Waals surface area contributed by atoms with Gasteiger partial charge in [0, 0.05) is 10.8 Å². The predicted molar refractivity (Wildman–Crippen MR) is 323 cm³/mol. The van der Waals surface area contributed by atoms with Gasteiger partial charge in [0.25, 0.3) is 0 Å². The molecule has 12 aromatic carbocycles. The van der Waals surface area contributed by atoms with Crippen molar-refractivity contribution in [1.82, 2.24) is 0 Å². The monoisotopic (exact) mass is 972 g/mol. The van der Waals surface area contributed by atoms with Gasteiger partial charge in [0.2, 0.25) is 0 Å². The molecule has 364 valence electrons. The van der Waals surface area contributed by atoms with Gasteiger partial charge in [-0.05, 0) is 200 Å². The van der Waals surface area contributed by atoms with E-state index in [4.69, 9.17) is 0 Å². The van der Waals surface area contributed by atoms with Crippen LogP contribution in [0, 0.1) is 5.41 Å². The molecule has 0 radical (unpaired) electrons. The molecule has 2 unspecified atom stereocenters. The molecule has 0 bridgehead atoms. The molecule has 0 spiro atoms. The quantitative estimate of drug-likeness (QED) is 0.133. The molecule has 0 nitrogen and oxygen atoms in total. The highest BCUT2D eigenvalue weighted by atomic mass is 14.7. The summed E-state index contributed by atoms with van der Waals surface area (Å²) in [7, 11) is 0. The van der Waals surface area contributed by atoms with Crippen LogP contribution in [0.25, 0.3) is 110 Å². The Kier molecular flexibility index (Phi) is 10.3. The maximum absolute atomic E-state index is 2.71. The van der Waals surface area contributed by atoms with Crippen LogP contribution in [0.2, 0.25) is 0 Å². The molecule has 0 N–H and O–H groups in total. The summed E-state index contributed by atoms with van der Waals surface area (Å²) in [5, 5.41) is 10.4. The van der Waals surface area contributed by atoms with Gasteiger partial charge in [0.15, 0.2) is 0 Å². The first-order valence-corrected chi connectivity index (χ1v) is 28.1. The molecule has 0 amide bonds. The molecule has 0 aliphatic heterocycles. The third-order valence-corrected chi connectivity index (χ3v) is 19.2. The van der Waals surface area contributed by atoms with Crippen molar-refractivity contribution in [2.45, 2.75) is 69.6 Å². The van der Waals surface area contributed by atoms with Crippen LogP contribution in [-0.4, -0.2) is 0 Å². The summed E-state index contributed by atoms with van der Waals surface area (Å²) in [4.78, 5) is 0. The van der Waals surface area contributed by atoms with Crippen molar-refractivity contribution in [1.29, 1.82) is 0 Å². The Hall–Kier alpha value is -8.32. The van der Waals surface area contributed by atoms with E-state index < -0.39 is 0 Å². The molecule has 0 saturated heterocycles. The van der Waals surface area contributed by atoms with Gasteiger partial charge < -0.3 is 0 Å². The second-order valence-corrected chi connectivity index (χ2v) is 22.3. The van der Waals surface area contributed by atoms with Crippen LogP contribution >= 0.6 is 0 Å². The minimum Gasteiger partial charge on any atom is -0.0642 e. The van der Waals surface area contributed by atoms with E-state index in [1.165, 1.54) is 151 Å². The molecule has 2 atom stereocenters. The lowest BCUT2D eigenvalue weighted by molar-refractivity contribution is 0.00956. The predicted octanol–water partition coefficient (Wildman–Crippen LogP) is 21.0.